The Labute approximate surface area is 158 Å². The Hall–Kier alpha value is -2.00. The van der Waals surface area contributed by atoms with Crippen LogP contribution in [0, 0.1) is 5.82 Å². The molecule has 0 spiro atoms. The quantitative estimate of drug-likeness (QED) is 0.747. The van der Waals surface area contributed by atoms with Crippen LogP contribution in [0.5, 0.6) is 0 Å². The number of halogens is 1. The molecule has 1 aromatic carbocycles. The van der Waals surface area contributed by atoms with Crippen molar-refractivity contribution < 1.29 is 22.4 Å². The summed E-state index contributed by atoms with van der Waals surface area (Å²) in [7, 11) is -3.37. The summed E-state index contributed by atoms with van der Waals surface area (Å²) in [6, 6.07) is 5.53. The molecule has 0 bridgehead atoms. The third-order valence-corrected chi connectivity index (χ3v) is 5.55. The van der Waals surface area contributed by atoms with Gasteiger partial charge in [-0.1, -0.05) is 12.1 Å². The Morgan fingerprint density at radius 2 is 1.89 bits per heavy atom. The Kier molecular flexibility index (Phi) is 5.81. The monoisotopic (exact) mass is 397 g/mol. The van der Waals surface area contributed by atoms with E-state index in [9.17, 15) is 22.4 Å². The SMILES string of the molecule is CS(=O)(=O)NC1CCCN(C(=O)C(=O)N(Cc2ccc(F)cc2)C2CC2)C1. The summed E-state index contributed by atoms with van der Waals surface area (Å²) in [6.45, 7) is 0.878. The van der Waals surface area contributed by atoms with Crippen LogP contribution >= 0.6 is 0 Å². The van der Waals surface area contributed by atoms with Gasteiger partial charge in [0.05, 0.1) is 6.26 Å². The van der Waals surface area contributed by atoms with Gasteiger partial charge in [-0.3, -0.25) is 9.59 Å². The molecule has 1 atom stereocenters. The van der Waals surface area contributed by atoms with Crippen LogP contribution < -0.4 is 4.72 Å². The van der Waals surface area contributed by atoms with Crippen LogP contribution in [0.4, 0.5) is 4.39 Å². The Balaban J connectivity index is 1.66. The maximum atomic E-state index is 13.1. The molecule has 1 aliphatic carbocycles. The lowest BCUT2D eigenvalue weighted by Crippen LogP contribution is -2.53. The predicted octanol–water partition coefficient (Wildman–Crippen LogP) is 0.857. The summed E-state index contributed by atoms with van der Waals surface area (Å²) in [5.41, 5.74) is 0.764. The van der Waals surface area contributed by atoms with Gasteiger partial charge in [-0.05, 0) is 43.4 Å². The second-order valence-electron chi connectivity index (χ2n) is 7.27. The highest BCUT2D eigenvalue weighted by atomic mass is 32.2. The summed E-state index contributed by atoms with van der Waals surface area (Å²) in [5, 5.41) is 0. The van der Waals surface area contributed by atoms with Crippen LogP contribution in [0.25, 0.3) is 0 Å². The number of hydrogen-bond donors (Lipinski definition) is 1. The first-order valence-corrected chi connectivity index (χ1v) is 10.9. The minimum absolute atomic E-state index is 0.0289. The molecular formula is C18H24FN3O4S. The molecule has 1 heterocycles. The van der Waals surface area contributed by atoms with Crippen molar-refractivity contribution in [1.82, 2.24) is 14.5 Å². The third kappa shape index (κ3) is 5.49. The highest BCUT2D eigenvalue weighted by molar-refractivity contribution is 7.88. The average Bonchev–Trinajstić information content (AvgIpc) is 3.44. The van der Waals surface area contributed by atoms with Gasteiger partial charge in [-0.15, -0.1) is 0 Å². The minimum atomic E-state index is -3.37. The van der Waals surface area contributed by atoms with Crippen LogP contribution in [0.3, 0.4) is 0 Å². The summed E-state index contributed by atoms with van der Waals surface area (Å²) in [6.07, 6.45) is 4.04. The van der Waals surface area contributed by atoms with E-state index >= 15 is 0 Å². The van der Waals surface area contributed by atoms with E-state index < -0.39 is 21.8 Å². The van der Waals surface area contributed by atoms with Gasteiger partial charge >= 0.3 is 11.8 Å². The first kappa shape index (κ1) is 19.8. The van der Waals surface area contributed by atoms with E-state index in [0.717, 1.165) is 24.7 Å². The number of likely N-dealkylation sites (tertiary alicyclic amines) is 1. The predicted molar refractivity (Wildman–Crippen MR) is 97.6 cm³/mol. The van der Waals surface area contributed by atoms with E-state index in [4.69, 9.17) is 0 Å². The molecular weight excluding hydrogens is 373 g/mol. The molecule has 2 amide bonds. The maximum absolute atomic E-state index is 13.1. The first-order chi connectivity index (χ1) is 12.7. The molecule has 0 aromatic heterocycles. The second kappa shape index (κ2) is 7.93. The number of nitrogens with zero attached hydrogens (tertiary/aromatic N) is 2. The van der Waals surface area contributed by atoms with Crippen molar-refractivity contribution in [2.45, 2.75) is 44.3 Å². The number of hydrogen-bond acceptors (Lipinski definition) is 4. The Morgan fingerprint density at radius 1 is 1.22 bits per heavy atom. The van der Waals surface area contributed by atoms with Gasteiger partial charge in [-0.2, -0.15) is 0 Å². The molecule has 1 N–H and O–H groups in total. The second-order valence-corrected chi connectivity index (χ2v) is 9.05. The Morgan fingerprint density at radius 3 is 2.48 bits per heavy atom. The molecule has 7 nitrogen and oxygen atoms in total. The van der Waals surface area contributed by atoms with Gasteiger partial charge in [0.25, 0.3) is 0 Å². The molecule has 0 radical (unpaired) electrons. The van der Waals surface area contributed by atoms with E-state index in [1.165, 1.54) is 17.0 Å². The van der Waals surface area contributed by atoms with E-state index in [0.29, 0.717) is 19.4 Å². The largest absolute Gasteiger partial charge is 0.333 e. The third-order valence-electron chi connectivity index (χ3n) is 4.79. The fraction of sp³-hybridized carbons (Fsp3) is 0.556. The van der Waals surface area contributed by atoms with Crippen molar-refractivity contribution in [2.24, 2.45) is 0 Å². The van der Waals surface area contributed by atoms with Crippen molar-refractivity contribution in [2.75, 3.05) is 19.3 Å². The highest BCUT2D eigenvalue weighted by Crippen LogP contribution is 2.29. The number of benzene rings is 1. The molecule has 1 unspecified atom stereocenters. The topological polar surface area (TPSA) is 86.8 Å². The van der Waals surface area contributed by atoms with Gasteiger partial charge in [0.15, 0.2) is 0 Å². The number of nitrogens with one attached hydrogen (secondary N) is 1. The van der Waals surface area contributed by atoms with Crippen molar-refractivity contribution in [1.29, 1.82) is 0 Å². The smallest absolute Gasteiger partial charge is 0.312 e. The van der Waals surface area contributed by atoms with Gasteiger partial charge in [-0.25, -0.2) is 17.5 Å². The molecule has 2 aliphatic rings. The molecule has 1 saturated carbocycles. The van der Waals surface area contributed by atoms with E-state index in [2.05, 4.69) is 4.72 Å². The zero-order valence-corrected chi connectivity index (χ0v) is 16.0. The van der Waals surface area contributed by atoms with Gasteiger partial charge in [0.1, 0.15) is 5.82 Å². The van der Waals surface area contributed by atoms with Crippen LogP contribution in [0.15, 0.2) is 24.3 Å². The minimum Gasteiger partial charge on any atom is -0.333 e. The van der Waals surface area contributed by atoms with Gasteiger partial charge in [0.2, 0.25) is 10.0 Å². The molecule has 3 rings (SSSR count). The van der Waals surface area contributed by atoms with Crippen molar-refractivity contribution in [3.8, 4) is 0 Å². The molecule has 27 heavy (non-hydrogen) atoms. The lowest BCUT2D eigenvalue weighted by atomic mass is 10.1. The normalized spacial score (nSPS) is 20.4. The summed E-state index contributed by atoms with van der Waals surface area (Å²) in [4.78, 5) is 28.5. The number of piperidine rings is 1. The van der Waals surface area contributed by atoms with Crippen LogP contribution in [0.2, 0.25) is 0 Å². The first-order valence-electron chi connectivity index (χ1n) is 9.04. The molecule has 1 aromatic rings. The van der Waals surface area contributed by atoms with Crippen LogP contribution in [-0.2, 0) is 26.2 Å². The Bertz CT molecular complexity index is 808. The van der Waals surface area contributed by atoms with E-state index in [-0.39, 0.29) is 31.0 Å². The van der Waals surface area contributed by atoms with E-state index in [1.807, 2.05) is 0 Å². The van der Waals surface area contributed by atoms with Crippen molar-refractivity contribution in [3.63, 3.8) is 0 Å². The molecule has 148 valence electrons. The average molecular weight is 397 g/mol. The van der Waals surface area contributed by atoms with Crippen LogP contribution in [0.1, 0.15) is 31.2 Å². The van der Waals surface area contributed by atoms with Gasteiger partial charge < -0.3 is 9.80 Å². The molecule has 1 saturated heterocycles. The highest BCUT2D eigenvalue weighted by Gasteiger charge is 2.38. The lowest BCUT2D eigenvalue weighted by Gasteiger charge is -2.33. The van der Waals surface area contributed by atoms with E-state index in [1.54, 1.807) is 17.0 Å². The van der Waals surface area contributed by atoms with Crippen molar-refractivity contribution >= 4 is 21.8 Å². The van der Waals surface area contributed by atoms with Gasteiger partial charge in [0, 0.05) is 31.7 Å². The number of rotatable bonds is 5. The number of amides is 2. The van der Waals surface area contributed by atoms with Crippen LogP contribution in [-0.4, -0.2) is 61.5 Å². The zero-order chi connectivity index (χ0) is 19.6. The summed E-state index contributed by atoms with van der Waals surface area (Å²) >= 11 is 0. The zero-order valence-electron chi connectivity index (χ0n) is 15.2. The maximum Gasteiger partial charge on any atom is 0.312 e. The fourth-order valence-electron chi connectivity index (χ4n) is 3.36. The van der Waals surface area contributed by atoms with Crippen molar-refractivity contribution in [3.05, 3.63) is 35.6 Å². The summed E-state index contributed by atoms with van der Waals surface area (Å²) in [5.74, 6) is -1.54. The fourth-order valence-corrected chi connectivity index (χ4v) is 4.16. The molecule has 9 heteroatoms. The standard InChI is InChI=1S/C18H24FN3O4S/c1-27(25,26)20-15-3-2-10-21(12-15)17(23)18(24)22(16-8-9-16)11-13-4-6-14(19)7-5-13/h4-7,15-16,20H,2-3,8-12H2,1H3. The number of carbonyl (C=O) groups excluding carboxylic acids is 2. The molecule has 2 fully saturated rings. The number of sulfonamides is 1. The molecule has 1 aliphatic heterocycles. The number of carbonyl (C=O) groups is 2. The summed E-state index contributed by atoms with van der Waals surface area (Å²) < 4.78 is 38.5. The lowest BCUT2D eigenvalue weighted by molar-refractivity contribution is -0.153.